The largest absolute Gasteiger partial charge is 0.474 e. The van der Waals surface area contributed by atoms with Gasteiger partial charge < -0.3 is 24.0 Å². The van der Waals surface area contributed by atoms with E-state index in [4.69, 9.17) is 28.6 Å². The van der Waals surface area contributed by atoms with Crippen molar-refractivity contribution in [3.8, 4) is 29.3 Å². The molecule has 3 aliphatic rings. The highest BCUT2D eigenvalue weighted by molar-refractivity contribution is 7.16. The summed E-state index contributed by atoms with van der Waals surface area (Å²) in [6.45, 7) is 12.1. The van der Waals surface area contributed by atoms with Crippen LogP contribution in [0.5, 0.6) is 11.8 Å². The van der Waals surface area contributed by atoms with Gasteiger partial charge in [-0.1, -0.05) is 6.92 Å². The Balaban J connectivity index is 1.28. The van der Waals surface area contributed by atoms with Gasteiger partial charge in [-0.05, 0) is 96.6 Å². The first kappa shape index (κ1) is 37.0. The predicted molar refractivity (Wildman–Crippen MR) is 201 cm³/mol. The Labute approximate surface area is 309 Å². The lowest BCUT2D eigenvalue weighted by Crippen LogP contribution is -2.44. The average Bonchev–Trinajstić information content (AvgIpc) is 3.82. The molecule has 0 radical (unpaired) electrons. The molecule has 2 saturated heterocycles. The molecule has 0 spiro atoms. The second kappa shape index (κ2) is 15.0. The van der Waals surface area contributed by atoms with Gasteiger partial charge in [-0.2, -0.15) is 19.6 Å². The Hall–Kier alpha value is -3.80. The monoisotopic (exact) mass is 734 g/mol. The van der Waals surface area contributed by atoms with Gasteiger partial charge in [-0.3, -0.25) is 4.90 Å². The Morgan fingerprint density at radius 2 is 1.90 bits per heavy atom. The van der Waals surface area contributed by atoms with Gasteiger partial charge in [-0.25, -0.2) is 9.79 Å². The minimum absolute atomic E-state index is 0.0805. The molecule has 1 aliphatic carbocycles. The summed E-state index contributed by atoms with van der Waals surface area (Å²) in [6.07, 6.45) is 7.61. The fourth-order valence-corrected chi connectivity index (χ4v) is 9.45. The van der Waals surface area contributed by atoms with Crippen molar-refractivity contribution in [1.29, 1.82) is 5.26 Å². The Morgan fingerprint density at radius 1 is 1.16 bits per heavy atom. The van der Waals surface area contributed by atoms with E-state index in [2.05, 4.69) is 42.9 Å². The second-order valence-corrected chi connectivity index (χ2v) is 17.2. The van der Waals surface area contributed by atoms with Crippen molar-refractivity contribution in [2.45, 2.75) is 109 Å². The normalized spacial score (nSPS) is 22.1. The van der Waals surface area contributed by atoms with Crippen molar-refractivity contribution >= 4 is 40.3 Å². The molecular formula is C37H50N8O4S2. The van der Waals surface area contributed by atoms with Crippen LogP contribution >= 0.6 is 22.9 Å². The number of aryl methyl sites for hydroxylation is 1. The van der Waals surface area contributed by atoms with Crippen LogP contribution < -0.4 is 9.47 Å². The van der Waals surface area contributed by atoms with Crippen LogP contribution in [-0.4, -0.2) is 106 Å². The molecule has 0 N–H and O–H groups in total. The topological polar surface area (TPSA) is 129 Å². The summed E-state index contributed by atoms with van der Waals surface area (Å²) in [6, 6.07) is 6.62. The van der Waals surface area contributed by atoms with Crippen molar-refractivity contribution in [3.63, 3.8) is 0 Å². The van der Waals surface area contributed by atoms with Crippen molar-refractivity contribution in [2.24, 2.45) is 4.99 Å². The SMILES string of the molecule is C[C@H](Oc1cc(OC2CCN(C(=O)OC(C)(C)C)CC2)nc(-c2cc([C@@]3(C)CCCc4sc(/N=C/N(C)C)c(C#N)c43)sn2)n1)[C@@H]1CCCN1C. The number of aromatic nitrogens is 3. The van der Waals surface area contributed by atoms with Gasteiger partial charge in [0.25, 0.3) is 0 Å². The number of nitriles is 1. The van der Waals surface area contributed by atoms with Crippen LogP contribution in [0.3, 0.4) is 0 Å². The zero-order chi connectivity index (χ0) is 36.5. The lowest BCUT2D eigenvalue weighted by Gasteiger charge is -2.33. The van der Waals surface area contributed by atoms with Crippen molar-refractivity contribution in [1.82, 2.24) is 29.0 Å². The number of likely N-dealkylation sites (tertiary alicyclic amines) is 2. The number of hydrogen-bond acceptors (Lipinski definition) is 12. The summed E-state index contributed by atoms with van der Waals surface area (Å²) in [4.78, 5) is 35.3. The third kappa shape index (κ3) is 8.31. The van der Waals surface area contributed by atoms with Crippen molar-refractivity contribution in [2.75, 3.05) is 40.8 Å². The number of ether oxygens (including phenoxy) is 3. The molecule has 5 heterocycles. The highest BCUT2D eigenvalue weighted by Crippen LogP contribution is 2.51. The Bertz CT molecular complexity index is 1780. The van der Waals surface area contributed by atoms with Crippen LogP contribution in [0.1, 0.15) is 94.0 Å². The number of carbonyl (C=O) groups is 1. The second-order valence-electron chi connectivity index (χ2n) is 15.3. The van der Waals surface area contributed by atoms with Crippen LogP contribution in [0.2, 0.25) is 0 Å². The van der Waals surface area contributed by atoms with Crippen LogP contribution in [0.25, 0.3) is 11.5 Å². The zero-order valence-electron chi connectivity index (χ0n) is 31.1. The van der Waals surface area contributed by atoms with Gasteiger partial charge in [-0.15, -0.1) is 11.3 Å². The minimum atomic E-state index is -0.542. The van der Waals surface area contributed by atoms with Crippen LogP contribution in [0, 0.1) is 11.3 Å². The maximum absolute atomic E-state index is 12.7. The van der Waals surface area contributed by atoms with Gasteiger partial charge in [0.1, 0.15) is 34.6 Å². The number of nitrogens with zero attached hydrogens (tertiary/aromatic N) is 8. The number of carbonyl (C=O) groups excluding carboxylic acids is 1. The third-order valence-electron chi connectivity index (χ3n) is 9.88. The summed E-state index contributed by atoms with van der Waals surface area (Å²) >= 11 is 3.05. The van der Waals surface area contributed by atoms with Crippen LogP contribution in [-0.2, 0) is 16.6 Å². The van der Waals surface area contributed by atoms with Crippen LogP contribution in [0.4, 0.5) is 9.80 Å². The van der Waals surface area contributed by atoms with E-state index in [1.165, 1.54) is 16.4 Å². The van der Waals surface area contributed by atoms with E-state index < -0.39 is 11.0 Å². The number of hydrogen-bond donors (Lipinski definition) is 0. The zero-order valence-corrected chi connectivity index (χ0v) is 32.7. The fourth-order valence-electron chi connectivity index (χ4n) is 7.29. The number of amides is 1. The number of likely N-dealkylation sites (N-methyl/N-ethyl adjacent to an activating group) is 1. The molecule has 6 rings (SSSR count). The van der Waals surface area contributed by atoms with E-state index in [1.54, 1.807) is 28.6 Å². The molecule has 274 valence electrons. The highest BCUT2D eigenvalue weighted by Gasteiger charge is 2.41. The molecule has 0 unspecified atom stereocenters. The maximum atomic E-state index is 12.7. The quantitative estimate of drug-likeness (QED) is 0.167. The smallest absolute Gasteiger partial charge is 0.410 e. The maximum Gasteiger partial charge on any atom is 0.410 e. The minimum Gasteiger partial charge on any atom is -0.474 e. The van der Waals surface area contributed by atoms with E-state index >= 15 is 0 Å². The number of fused-ring (bicyclic) bond motifs is 1. The summed E-state index contributed by atoms with van der Waals surface area (Å²) in [5.41, 5.74) is 1.42. The fraction of sp³-hybridized carbons (Fsp3) is 0.622. The molecule has 2 fully saturated rings. The molecule has 0 saturated carbocycles. The third-order valence-corrected chi connectivity index (χ3v) is 12.1. The van der Waals surface area contributed by atoms with E-state index in [0.717, 1.165) is 54.1 Å². The van der Waals surface area contributed by atoms with Gasteiger partial charge in [0, 0.05) is 61.2 Å². The molecular weight excluding hydrogens is 685 g/mol. The molecule has 1 amide bonds. The first-order valence-corrected chi connectivity index (χ1v) is 19.5. The lowest BCUT2D eigenvalue weighted by atomic mass is 9.71. The molecule has 3 atom stereocenters. The Morgan fingerprint density at radius 3 is 2.57 bits per heavy atom. The Kier molecular flexibility index (Phi) is 10.9. The average molecular weight is 735 g/mol. The molecule has 0 bridgehead atoms. The van der Waals surface area contributed by atoms with Crippen molar-refractivity contribution in [3.05, 3.63) is 33.0 Å². The molecule has 14 heteroatoms. The number of thiophene rings is 1. The van der Waals surface area contributed by atoms with Crippen LogP contribution in [0.15, 0.2) is 17.1 Å². The summed E-state index contributed by atoms with van der Waals surface area (Å²) in [7, 11) is 5.99. The lowest BCUT2D eigenvalue weighted by molar-refractivity contribution is 0.0123. The number of aliphatic imine (C=N–C) groups is 1. The summed E-state index contributed by atoms with van der Waals surface area (Å²) < 4.78 is 23.4. The summed E-state index contributed by atoms with van der Waals surface area (Å²) in [5.74, 6) is 1.30. The molecule has 12 nitrogen and oxygen atoms in total. The highest BCUT2D eigenvalue weighted by atomic mass is 32.1. The summed E-state index contributed by atoms with van der Waals surface area (Å²) in [5, 5.41) is 11.1. The van der Waals surface area contributed by atoms with Gasteiger partial charge >= 0.3 is 6.09 Å². The number of piperidine rings is 1. The molecule has 2 aliphatic heterocycles. The molecule has 3 aromatic heterocycles. The first-order chi connectivity index (χ1) is 24.2. The van der Waals surface area contributed by atoms with Gasteiger partial charge in [0.15, 0.2) is 5.82 Å². The van der Waals surface area contributed by atoms with Gasteiger partial charge in [0.05, 0.1) is 18.0 Å². The van der Waals surface area contributed by atoms with E-state index in [9.17, 15) is 10.1 Å². The van der Waals surface area contributed by atoms with E-state index in [1.807, 2.05) is 39.8 Å². The predicted octanol–water partition coefficient (Wildman–Crippen LogP) is 7.04. The standard InChI is InChI=1S/C37H50N8O4S2/c1-23(27-11-10-16-44(27)8)47-30-20-31(48-24-13-17-45(18-14-24)35(46)49-36(2,3)4)41-33(40-30)26-19-29(51-42-26)37(5)15-9-12-28-32(37)25(21-38)34(50-28)39-22-43(6)7/h19-20,22-24,27H,9-18H2,1-8H3/b39-22+/t23-,27-,37+/m0/s1. The molecule has 3 aromatic rings. The van der Waals surface area contributed by atoms with E-state index in [0.29, 0.717) is 60.8 Å². The van der Waals surface area contributed by atoms with Crippen molar-refractivity contribution < 1.29 is 19.0 Å². The first-order valence-electron chi connectivity index (χ1n) is 17.9. The van der Waals surface area contributed by atoms with E-state index in [-0.39, 0.29) is 18.3 Å². The molecule has 0 aromatic carbocycles. The number of rotatable bonds is 9. The van der Waals surface area contributed by atoms with Gasteiger partial charge in [0.2, 0.25) is 11.8 Å². The molecule has 51 heavy (non-hydrogen) atoms.